The second-order valence-corrected chi connectivity index (χ2v) is 15.7. The van der Waals surface area contributed by atoms with Crippen molar-refractivity contribution in [2.24, 2.45) is 0 Å². The van der Waals surface area contributed by atoms with Crippen LogP contribution >= 0.6 is 0 Å². The van der Waals surface area contributed by atoms with Gasteiger partial charge in [-0.1, -0.05) is 170 Å². The minimum Gasteiger partial charge on any atom is -0.310 e. The lowest BCUT2D eigenvalue weighted by atomic mass is 9.75. The van der Waals surface area contributed by atoms with Crippen molar-refractivity contribution >= 4 is 17.1 Å². The number of rotatable bonds is 7. The molecule has 2 aliphatic rings. The molecule has 11 rings (SSSR count). The van der Waals surface area contributed by atoms with Gasteiger partial charge in [-0.25, -0.2) is 0 Å². The van der Waals surface area contributed by atoms with Crippen molar-refractivity contribution in [2.75, 3.05) is 4.90 Å². The van der Waals surface area contributed by atoms with E-state index in [9.17, 15) is 0 Å². The summed E-state index contributed by atoms with van der Waals surface area (Å²) in [6.45, 7) is 0. The monoisotopic (exact) mass is 739 g/mol. The van der Waals surface area contributed by atoms with Crippen LogP contribution in [0.4, 0.5) is 17.1 Å². The van der Waals surface area contributed by atoms with E-state index in [0.717, 1.165) is 29.9 Å². The lowest BCUT2D eigenvalue weighted by molar-refractivity contribution is 0.794. The second kappa shape index (κ2) is 14.4. The smallest absolute Gasteiger partial charge is 0.0468 e. The fourth-order valence-corrected chi connectivity index (χ4v) is 9.38. The van der Waals surface area contributed by atoms with Crippen molar-refractivity contribution in [2.45, 2.75) is 18.8 Å². The van der Waals surface area contributed by atoms with Crippen LogP contribution < -0.4 is 4.90 Å². The summed E-state index contributed by atoms with van der Waals surface area (Å²) in [6, 6.07) is 80.6. The van der Waals surface area contributed by atoms with Crippen molar-refractivity contribution in [1.82, 2.24) is 0 Å². The van der Waals surface area contributed by atoms with E-state index >= 15 is 0 Å². The molecule has 1 nitrogen and oxygen atoms in total. The molecule has 9 aromatic carbocycles. The van der Waals surface area contributed by atoms with Crippen LogP contribution in [0.1, 0.15) is 33.7 Å². The van der Waals surface area contributed by atoms with Crippen LogP contribution in [0.2, 0.25) is 0 Å². The molecule has 0 N–H and O–H groups in total. The predicted octanol–water partition coefficient (Wildman–Crippen LogP) is 15.1. The fraction of sp³-hybridized carbons (Fsp3) is 0.0526. The summed E-state index contributed by atoms with van der Waals surface area (Å²) < 4.78 is 0. The maximum absolute atomic E-state index is 2.41. The van der Waals surface area contributed by atoms with Gasteiger partial charge in [0, 0.05) is 23.0 Å². The van der Waals surface area contributed by atoms with Crippen LogP contribution in [0, 0.1) is 0 Å². The van der Waals surface area contributed by atoms with Crippen LogP contribution in [0.5, 0.6) is 0 Å². The minimum absolute atomic E-state index is 0.361. The average Bonchev–Trinajstić information content (AvgIpc) is 3.68. The summed E-state index contributed by atoms with van der Waals surface area (Å²) in [7, 11) is 0. The first kappa shape index (κ1) is 34.1. The molecule has 0 fully saturated rings. The molecule has 0 saturated carbocycles. The highest BCUT2D eigenvalue weighted by Crippen LogP contribution is 2.46. The highest BCUT2D eigenvalue weighted by atomic mass is 15.1. The maximum atomic E-state index is 2.41. The molecule has 58 heavy (non-hydrogen) atoms. The lowest BCUT2D eigenvalue weighted by Crippen LogP contribution is -2.12. The molecule has 2 aliphatic carbocycles. The first-order chi connectivity index (χ1) is 28.7. The molecule has 0 aliphatic heterocycles. The molecule has 1 unspecified atom stereocenters. The fourth-order valence-electron chi connectivity index (χ4n) is 9.38. The van der Waals surface area contributed by atoms with E-state index in [1.54, 1.807) is 0 Å². The third-order valence-corrected chi connectivity index (χ3v) is 12.3. The van der Waals surface area contributed by atoms with Crippen LogP contribution in [0.3, 0.4) is 0 Å². The maximum Gasteiger partial charge on any atom is 0.0468 e. The van der Waals surface area contributed by atoms with Crippen molar-refractivity contribution in [3.05, 3.63) is 246 Å². The SMILES string of the molecule is c1ccc(-c2ccc(N(c3cccc(-c4cccc(-c5ccc6c(c5)-c5ccccc5C(c5ccccc5)C6)c4)c3)c3ccc4c(c3)-c3ccccc3C4)cc2)cc1. The Balaban J connectivity index is 0.966. The number of fused-ring (bicyclic) bond motifs is 6. The third kappa shape index (κ3) is 6.13. The Morgan fingerprint density at radius 2 is 0.845 bits per heavy atom. The molecule has 0 heterocycles. The van der Waals surface area contributed by atoms with Gasteiger partial charge in [-0.05, 0) is 145 Å². The molecule has 1 atom stereocenters. The van der Waals surface area contributed by atoms with E-state index < -0.39 is 0 Å². The molecule has 1 heteroatoms. The summed E-state index contributed by atoms with van der Waals surface area (Å²) in [5, 5.41) is 0. The topological polar surface area (TPSA) is 3.24 Å². The van der Waals surface area contributed by atoms with Gasteiger partial charge in [-0.3, -0.25) is 0 Å². The number of benzene rings is 9. The zero-order chi connectivity index (χ0) is 38.4. The Morgan fingerprint density at radius 1 is 0.310 bits per heavy atom. The van der Waals surface area contributed by atoms with Gasteiger partial charge in [0.2, 0.25) is 0 Å². The summed E-state index contributed by atoms with van der Waals surface area (Å²) in [4.78, 5) is 2.41. The quantitative estimate of drug-likeness (QED) is 0.157. The van der Waals surface area contributed by atoms with Gasteiger partial charge in [0.05, 0.1) is 0 Å². The number of anilines is 3. The van der Waals surface area contributed by atoms with E-state index in [0.29, 0.717) is 5.92 Å². The molecule has 9 aromatic rings. The van der Waals surface area contributed by atoms with E-state index in [2.05, 4.69) is 223 Å². The van der Waals surface area contributed by atoms with Gasteiger partial charge in [0.25, 0.3) is 0 Å². The van der Waals surface area contributed by atoms with Gasteiger partial charge in [-0.2, -0.15) is 0 Å². The van der Waals surface area contributed by atoms with Gasteiger partial charge < -0.3 is 4.90 Å². The first-order valence-corrected chi connectivity index (χ1v) is 20.4. The summed E-state index contributed by atoms with van der Waals surface area (Å²) in [6.07, 6.45) is 1.99. The van der Waals surface area contributed by atoms with E-state index in [-0.39, 0.29) is 0 Å². The van der Waals surface area contributed by atoms with Crippen molar-refractivity contribution < 1.29 is 0 Å². The molecular weight excluding hydrogens is 699 g/mol. The average molecular weight is 740 g/mol. The number of nitrogens with zero attached hydrogens (tertiary/aromatic N) is 1. The molecule has 0 radical (unpaired) electrons. The van der Waals surface area contributed by atoms with Crippen LogP contribution in [0.25, 0.3) is 55.6 Å². The standard InChI is InChI=1S/C57H41N/c1-3-13-39(14-4-1)40-27-30-49(31-28-40)58(51-32-29-47-34-46-17-7-8-22-52(46)57(47)38-51)50-21-12-20-44(35-50)42-18-11-19-43(33-42)45-25-26-48-37-55(41-15-5-2-6-16-41)53-23-9-10-24-54(53)56(48)36-45/h1-33,35-36,38,55H,34,37H2. The van der Waals surface area contributed by atoms with Crippen LogP contribution in [-0.2, 0) is 12.8 Å². The third-order valence-electron chi connectivity index (χ3n) is 12.3. The van der Waals surface area contributed by atoms with Gasteiger partial charge in [-0.15, -0.1) is 0 Å². The Morgan fingerprint density at radius 3 is 1.66 bits per heavy atom. The van der Waals surface area contributed by atoms with E-state index in [4.69, 9.17) is 0 Å². The Kier molecular flexibility index (Phi) is 8.44. The zero-order valence-corrected chi connectivity index (χ0v) is 32.2. The van der Waals surface area contributed by atoms with Gasteiger partial charge in [0.1, 0.15) is 0 Å². The Hall–Kier alpha value is -7.22. The summed E-state index contributed by atoms with van der Waals surface area (Å²) >= 11 is 0. The normalized spacial score (nSPS) is 13.6. The number of hydrogen-bond donors (Lipinski definition) is 0. The molecule has 0 amide bonds. The molecule has 274 valence electrons. The molecule has 0 bridgehead atoms. The van der Waals surface area contributed by atoms with Crippen LogP contribution in [0.15, 0.2) is 218 Å². The lowest BCUT2D eigenvalue weighted by Gasteiger charge is -2.29. The molecule has 0 saturated heterocycles. The molecule has 0 aromatic heterocycles. The first-order valence-electron chi connectivity index (χ1n) is 20.4. The number of hydrogen-bond acceptors (Lipinski definition) is 1. The highest BCUT2D eigenvalue weighted by molar-refractivity contribution is 5.87. The predicted molar refractivity (Wildman–Crippen MR) is 243 cm³/mol. The largest absolute Gasteiger partial charge is 0.310 e. The Bertz CT molecular complexity index is 2940. The van der Waals surface area contributed by atoms with E-state index in [1.807, 2.05) is 0 Å². The zero-order valence-electron chi connectivity index (χ0n) is 32.2. The second-order valence-electron chi connectivity index (χ2n) is 15.7. The van der Waals surface area contributed by atoms with E-state index in [1.165, 1.54) is 83.5 Å². The van der Waals surface area contributed by atoms with Gasteiger partial charge >= 0.3 is 0 Å². The summed E-state index contributed by atoms with van der Waals surface area (Å²) in [5.74, 6) is 0.361. The van der Waals surface area contributed by atoms with Crippen molar-refractivity contribution in [3.63, 3.8) is 0 Å². The summed E-state index contributed by atoms with van der Waals surface area (Å²) in [5.41, 5.74) is 23.0. The van der Waals surface area contributed by atoms with Crippen LogP contribution in [-0.4, -0.2) is 0 Å². The molecular formula is C57H41N. The molecule has 0 spiro atoms. The Labute approximate surface area is 341 Å². The van der Waals surface area contributed by atoms with Crippen molar-refractivity contribution in [3.8, 4) is 55.6 Å². The van der Waals surface area contributed by atoms with Crippen molar-refractivity contribution in [1.29, 1.82) is 0 Å². The minimum atomic E-state index is 0.361. The highest BCUT2D eigenvalue weighted by Gasteiger charge is 2.26. The van der Waals surface area contributed by atoms with Gasteiger partial charge in [0.15, 0.2) is 0 Å².